The molecule has 5 rings (SSSR count). The number of carbonyl (C=O) groups is 1. The first-order valence-corrected chi connectivity index (χ1v) is 11.7. The van der Waals surface area contributed by atoms with E-state index in [0.29, 0.717) is 12.3 Å². The van der Waals surface area contributed by atoms with E-state index in [1.54, 1.807) is 6.20 Å². The Morgan fingerprint density at radius 1 is 1.13 bits per heavy atom. The van der Waals surface area contributed by atoms with Gasteiger partial charge in [-0.15, -0.1) is 0 Å². The average molecular weight is 418 g/mol. The van der Waals surface area contributed by atoms with E-state index in [1.165, 1.54) is 32.1 Å². The van der Waals surface area contributed by atoms with Crippen molar-refractivity contribution in [3.8, 4) is 0 Å². The molecule has 0 spiro atoms. The molecule has 162 valence electrons. The standard InChI is InChI=1S/C26H31N3O2/c1-18-28-24-17-29(15-12-26(24)31-18)14-11-19-7-9-20(10-8-19)16-25(30)22-4-2-6-23-21(22)5-3-13-27-23/h2-6,13,19-20H,7-12,14-17H2,1H3. The van der Waals surface area contributed by atoms with Gasteiger partial charge in [0, 0.05) is 50.0 Å². The number of hydrogen-bond acceptors (Lipinski definition) is 5. The molecule has 0 N–H and O–H groups in total. The van der Waals surface area contributed by atoms with E-state index in [1.807, 2.05) is 37.3 Å². The first kappa shape index (κ1) is 20.4. The number of fused-ring (bicyclic) bond motifs is 2. The van der Waals surface area contributed by atoms with Crippen molar-refractivity contribution in [3.63, 3.8) is 0 Å². The lowest BCUT2D eigenvalue weighted by atomic mass is 9.78. The quantitative estimate of drug-likeness (QED) is 0.505. The number of pyridine rings is 1. The predicted octanol–water partition coefficient (Wildman–Crippen LogP) is 5.36. The van der Waals surface area contributed by atoms with Crippen LogP contribution in [0.5, 0.6) is 0 Å². The molecular weight excluding hydrogens is 386 g/mol. The molecule has 2 aromatic heterocycles. The molecule has 1 fully saturated rings. The third-order valence-corrected chi connectivity index (χ3v) is 7.15. The van der Waals surface area contributed by atoms with Crippen LogP contribution in [-0.2, 0) is 13.0 Å². The topological polar surface area (TPSA) is 59.2 Å². The summed E-state index contributed by atoms with van der Waals surface area (Å²) in [6.45, 7) is 5.08. The third-order valence-electron chi connectivity index (χ3n) is 7.15. The number of benzene rings is 1. The van der Waals surface area contributed by atoms with Crippen molar-refractivity contribution < 1.29 is 9.21 Å². The SMILES string of the molecule is Cc1nc2c(o1)CCN(CCC1CCC(CC(=O)c3cccc4ncccc34)CC1)C2. The molecule has 2 aliphatic rings. The first-order chi connectivity index (χ1) is 15.2. The van der Waals surface area contributed by atoms with Gasteiger partial charge in [0.1, 0.15) is 5.76 Å². The summed E-state index contributed by atoms with van der Waals surface area (Å²) in [5.74, 6) is 3.45. The van der Waals surface area contributed by atoms with Gasteiger partial charge in [-0.1, -0.05) is 31.0 Å². The maximum absolute atomic E-state index is 13.0. The number of nitrogens with zero attached hydrogens (tertiary/aromatic N) is 3. The Balaban J connectivity index is 1.10. The fraction of sp³-hybridized carbons (Fsp3) is 0.500. The molecule has 0 unspecified atom stereocenters. The van der Waals surface area contributed by atoms with Crippen LogP contribution in [0.25, 0.3) is 10.9 Å². The van der Waals surface area contributed by atoms with Crippen LogP contribution in [0.2, 0.25) is 0 Å². The second-order valence-electron chi connectivity index (χ2n) is 9.31. The normalized spacial score (nSPS) is 21.8. The monoisotopic (exact) mass is 417 g/mol. The Kier molecular flexibility index (Phi) is 5.86. The van der Waals surface area contributed by atoms with Crippen molar-refractivity contribution in [1.82, 2.24) is 14.9 Å². The van der Waals surface area contributed by atoms with Gasteiger partial charge in [-0.25, -0.2) is 4.98 Å². The van der Waals surface area contributed by atoms with Gasteiger partial charge in [-0.3, -0.25) is 14.7 Å². The zero-order valence-corrected chi connectivity index (χ0v) is 18.3. The Morgan fingerprint density at radius 2 is 1.97 bits per heavy atom. The number of carbonyl (C=O) groups excluding carboxylic acids is 1. The molecule has 0 saturated heterocycles. The number of hydrogen-bond donors (Lipinski definition) is 0. The smallest absolute Gasteiger partial charge is 0.191 e. The summed E-state index contributed by atoms with van der Waals surface area (Å²) in [6.07, 6.45) is 9.53. The number of Topliss-reactive ketones (excluding diaryl/α,β-unsaturated/α-hetero) is 1. The van der Waals surface area contributed by atoms with Crippen LogP contribution in [0.15, 0.2) is 40.9 Å². The minimum absolute atomic E-state index is 0.272. The third kappa shape index (κ3) is 4.57. The zero-order chi connectivity index (χ0) is 21.2. The van der Waals surface area contributed by atoms with Gasteiger partial charge >= 0.3 is 0 Å². The lowest BCUT2D eigenvalue weighted by Gasteiger charge is -2.31. The van der Waals surface area contributed by atoms with Crippen LogP contribution in [0, 0.1) is 18.8 Å². The van der Waals surface area contributed by atoms with E-state index in [4.69, 9.17) is 4.42 Å². The molecular formula is C26H31N3O2. The Bertz CT molecular complexity index is 1060. The molecule has 0 amide bonds. The first-order valence-electron chi connectivity index (χ1n) is 11.7. The highest BCUT2D eigenvalue weighted by Crippen LogP contribution is 2.34. The van der Waals surface area contributed by atoms with Crippen LogP contribution in [0.3, 0.4) is 0 Å². The molecule has 3 aromatic rings. The fourth-order valence-corrected chi connectivity index (χ4v) is 5.38. The minimum Gasteiger partial charge on any atom is -0.446 e. The highest BCUT2D eigenvalue weighted by Gasteiger charge is 2.26. The van der Waals surface area contributed by atoms with E-state index in [-0.39, 0.29) is 5.78 Å². The molecule has 0 atom stereocenters. The predicted molar refractivity (Wildman–Crippen MR) is 121 cm³/mol. The number of oxazole rings is 1. The fourth-order valence-electron chi connectivity index (χ4n) is 5.38. The van der Waals surface area contributed by atoms with E-state index in [0.717, 1.165) is 65.8 Å². The Morgan fingerprint density at radius 3 is 2.84 bits per heavy atom. The average Bonchev–Trinajstić information content (AvgIpc) is 3.17. The van der Waals surface area contributed by atoms with E-state index >= 15 is 0 Å². The second-order valence-corrected chi connectivity index (χ2v) is 9.31. The molecule has 1 aromatic carbocycles. The molecule has 31 heavy (non-hydrogen) atoms. The summed E-state index contributed by atoms with van der Waals surface area (Å²) >= 11 is 0. The highest BCUT2D eigenvalue weighted by atomic mass is 16.4. The van der Waals surface area contributed by atoms with Crippen LogP contribution in [0.1, 0.15) is 66.2 Å². The van der Waals surface area contributed by atoms with E-state index in [9.17, 15) is 4.79 Å². The number of aryl methyl sites for hydroxylation is 1. The minimum atomic E-state index is 0.272. The molecule has 3 heterocycles. The number of rotatable bonds is 6. The molecule has 5 nitrogen and oxygen atoms in total. The molecule has 1 aliphatic carbocycles. The lowest BCUT2D eigenvalue weighted by Crippen LogP contribution is -2.32. The van der Waals surface area contributed by atoms with Crippen molar-refractivity contribution in [3.05, 3.63) is 59.4 Å². The van der Waals surface area contributed by atoms with E-state index in [2.05, 4.69) is 14.9 Å². The second kappa shape index (κ2) is 8.91. The Labute approximate surface area is 183 Å². The van der Waals surface area contributed by atoms with E-state index < -0.39 is 0 Å². The zero-order valence-electron chi connectivity index (χ0n) is 18.3. The summed E-state index contributed by atoms with van der Waals surface area (Å²) in [5.41, 5.74) is 2.87. The molecule has 0 radical (unpaired) electrons. The van der Waals surface area contributed by atoms with Gasteiger partial charge in [-0.2, -0.15) is 0 Å². The van der Waals surface area contributed by atoms with Crippen LogP contribution >= 0.6 is 0 Å². The number of aromatic nitrogens is 2. The van der Waals surface area contributed by atoms with Gasteiger partial charge in [0.05, 0.1) is 11.2 Å². The summed E-state index contributed by atoms with van der Waals surface area (Å²) < 4.78 is 5.68. The van der Waals surface area contributed by atoms with Gasteiger partial charge in [-0.05, 0) is 49.8 Å². The highest BCUT2D eigenvalue weighted by molar-refractivity contribution is 6.07. The van der Waals surface area contributed by atoms with Gasteiger partial charge in [0.15, 0.2) is 11.7 Å². The van der Waals surface area contributed by atoms with Gasteiger partial charge < -0.3 is 4.42 Å². The molecule has 0 bridgehead atoms. The van der Waals surface area contributed by atoms with Crippen molar-refractivity contribution >= 4 is 16.7 Å². The molecule has 1 saturated carbocycles. The molecule has 1 aliphatic heterocycles. The van der Waals surface area contributed by atoms with Crippen molar-refractivity contribution in [2.45, 2.75) is 58.4 Å². The van der Waals surface area contributed by atoms with Crippen molar-refractivity contribution in [2.75, 3.05) is 13.1 Å². The Hall–Kier alpha value is -2.53. The maximum Gasteiger partial charge on any atom is 0.191 e. The van der Waals surface area contributed by atoms with Gasteiger partial charge in [0.2, 0.25) is 0 Å². The largest absolute Gasteiger partial charge is 0.446 e. The van der Waals surface area contributed by atoms with Crippen LogP contribution in [0.4, 0.5) is 0 Å². The van der Waals surface area contributed by atoms with Crippen LogP contribution < -0.4 is 0 Å². The maximum atomic E-state index is 13.0. The number of ketones is 1. The summed E-state index contributed by atoms with van der Waals surface area (Å²) in [4.78, 5) is 24.4. The lowest BCUT2D eigenvalue weighted by molar-refractivity contribution is 0.0941. The van der Waals surface area contributed by atoms with Gasteiger partial charge in [0.25, 0.3) is 0 Å². The van der Waals surface area contributed by atoms with Crippen LogP contribution in [-0.4, -0.2) is 33.7 Å². The summed E-state index contributed by atoms with van der Waals surface area (Å²) in [5, 5.41) is 0.982. The summed E-state index contributed by atoms with van der Waals surface area (Å²) in [7, 11) is 0. The summed E-state index contributed by atoms with van der Waals surface area (Å²) in [6, 6.07) is 9.81. The molecule has 5 heteroatoms. The van der Waals surface area contributed by atoms with Crippen molar-refractivity contribution in [1.29, 1.82) is 0 Å². The van der Waals surface area contributed by atoms with Crippen molar-refractivity contribution in [2.24, 2.45) is 11.8 Å².